The molecular formula is C9H16O3SSi. The van der Waals surface area contributed by atoms with Crippen LogP contribution in [0.3, 0.4) is 0 Å². The normalized spacial score (nSPS) is 30.9. The zero-order chi connectivity index (χ0) is 11.0. The second kappa shape index (κ2) is 3.68. The molecule has 2 atom stereocenters. The molecule has 0 aromatic heterocycles. The highest BCUT2D eigenvalue weighted by Crippen LogP contribution is 2.18. The lowest BCUT2D eigenvalue weighted by atomic mass is 10.1. The molecule has 1 heterocycles. The van der Waals surface area contributed by atoms with Gasteiger partial charge in [-0.15, -0.1) is 11.5 Å². The van der Waals surface area contributed by atoms with Crippen molar-refractivity contribution in [3.8, 4) is 11.5 Å². The smallest absolute Gasteiger partial charge is 0.154 e. The van der Waals surface area contributed by atoms with Crippen LogP contribution in [0.5, 0.6) is 0 Å². The van der Waals surface area contributed by atoms with Crippen molar-refractivity contribution in [1.82, 2.24) is 0 Å². The van der Waals surface area contributed by atoms with E-state index in [-0.39, 0.29) is 17.4 Å². The first-order chi connectivity index (χ1) is 6.20. The number of sulfone groups is 1. The number of rotatable bonds is 0. The van der Waals surface area contributed by atoms with E-state index in [4.69, 9.17) is 0 Å². The Morgan fingerprint density at radius 3 is 2.21 bits per heavy atom. The standard InChI is InChI=1S/C9H16O3SSi/c1-14(2,3)5-4-8-6-13(11,12)7-9(8)10/h8-10H,6-7H2,1-3H3/t8-,9-/m1/s1. The largest absolute Gasteiger partial charge is 0.391 e. The van der Waals surface area contributed by atoms with Crippen molar-refractivity contribution in [2.24, 2.45) is 5.92 Å². The van der Waals surface area contributed by atoms with Gasteiger partial charge in [0.2, 0.25) is 0 Å². The van der Waals surface area contributed by atoms with Crippen molar-refractivity contribution in [2.45, 2.75) is 25.7 Å². The molecule has 0 spiro atoms. The van der Waals surface area contributed by atoms with E-state index in [2.05, 4.69) is 31.1 Å². The van der Waals surface area contributed by atoms with Gasteiger partial charge < -0.3 is 5.11 Å². The first kappa shape index (κ1) is 11.8. The Balaban J connectivity index is 2.77. The number of hydrogen-bond acceptors (Lipinski definition) is 3. The van der Waals surface area contributed by atoms with E-state index >= 15 is 0 Å². The van der Waals surface area contributed by atoms with Crippen LogP contribution < -0.4 is 0 Å². The van der Waals surface area contributed by atoms with Gasteiger partial charge in [-0.3, -0.25) is 0 Å². The van der Waals surface area contributed by atoms with Crippen molar-refractivity contribution in [3.63, 3.8) is 0 Å². The Morgan fingerprint density at radius 2 is 1.86 bits per heavy atom. The lowest BCUT2D eigenvalue weighted by Crippen LogP contribution is -2.20. The summed E-state index contributed by atoms with van der Waals surface area (Å²) in [6.45, 7) is 6.28. The Bertz CT molecular complexity index is 369. The molecule has 1 fully saturated rings. The first-order valence-corrected chi connectivity index (χ1v) is 9.93. The molecule has 1 rings (SSSR count). The molecule has 1 saturated heterocycles. The van der Waals surface area contributed by atoms with Crippen LogP contribution in [0.15, 0.2) is 0 Å². The van der Waals surface area contributed by atoms with Crippen LogP contribution in [0.1, 0.15) is 0 Å². The van der Waals surface area contributed by atoms with Gasteiger partial charge in [-0.25, -0.2) is 8.42 Å². The summed E-state index contributed by atoms with van der Waals surface area (Å²) < 4.78 is 22.3. The number of aliphatic hydroxyl groups excluding tert-OH is 1. The lowest BCUT2D eigenvalue weighted by molar-refractivity contribution is 0.174. The Morgan fingerprint density at radius 1 is 1.29 bits per heavy atom. The molecule has 0 aromatic carbocycles. The maximum Gasteiger partial charge on any atom is 0.154 e. The van der Waals surface area contributed by atoms with Crippen LogP contribution in [0, 0.1) is 17.4 Å². The van der Waals surface area contributed by atoms with Crippen LogP contribution in [0.25, 0.3) is 0 Å². The van der Waals surface area contributed by atoms with E-state index in [0.29, 0.717) is 0 Å². The average molecular weight is 232 g/mol. The first-order valence-electron chi connectivity index (χ1n) is 4.61. The molecule has 5 heteroatoms. The molecule has 0 amide bonds. The predicted octanol–water partition coefficient (Wildman–Crippen LogP) is 0.273. The maximum absolute atomic E-state index is 11.2. The lowest BCUT2D eigenvalue weighted by Gasteiger charge is -2.07. The van der Waals surface area contributed by atoms with Crippen molar-refractivity contribution < 1.29 is 13.5 Å². The van der Waals surface area contributed by atoms with Gasteiger partial charge in [0, 0.05) is 0 Å². The summed E-state index contributed by atoms with van der Waals surface area (Å²) in [7, 11) is -4.52. The molecule has 0 saturated carbocycles. The fraction of sp³-hybridized carbons (Fsp3) is 0.778. The van der Waals surface area contributed by atoms with Gasteiger partial charge in [0.05, 0.1) is 23.5 Å². The molecule has 0 bridgehead atoms. The summed E-state index contributed by atoms with van der Waals surface area (Å²) in [6, 6.07) is 0. The van der Waals surface area contributed by atoms with Gasteiger partial charge >= 0.3 is 0 Å². The summed E-state index contributed by atoms with van der Waals surface area (Å²) in [5.74, 6) is 2.43. The molecule has 0 radical (unpaired) electrons. The van der Waals surface area contributed by atoms with E-state index in [1.165, 1.54) is 0 Å². The zero-order valence-electron chi connectivity index (χ0n) is 8.74. The van der Waals surface area contributed by atoms with Crippen LogP contribution in [-0.2, 0) is 9.84 Å². The van der Waals surface area contributed by atoms with Gasteiger partial charge in [0.1, 0.15) is 8.07 Å². The monoisotopic (exact) mass is 232 g/mol. The van der Waals surface area contributed by atoms with E-state index in [1.807, 2.05) is 0 Å². The second-order valence-electron chi connectivity index (χ2n) is 4.77. The van der Waals surface area contributed by atoms with E-state index in [0.717, 1.165) is 0 Å². The van der Waals surface area contributed by atoms with E-state index in [9.17, 15) is 13.5 Å². The fourth-order valence-electron chi connectivity index (χ4n) is 1.28. The summed E-state index contributed by atoms with van der Waals surface area (Å²) in [5, 5.41) is 9.46. The van der Waals surface area contributed by atoms with Crippen LogP contribution in [0.4, 0.5) is 0 Å². The minimum atomic E-state index is -3.05. The van der Waals surface area contributed by atoms with Crippen molar-refractivity contribution in [2.75, 3.05) is 11.5 Å². The Kier molecular flexibility index (Phi) is 3.09. The molecule has 1 N–H and O–H groups in total. The van der Waals surface area contributed by atoms with Gasteiger partial charge in [-0.2, -0.15) is 0 Å². The van der Waals surface area contributed by atoms with E-state index < -0.39 is 24.0 Å². The third-order valence-electron chi connectivity index (χ3n) is 1.96. The molecule has 0 aromatic rings. The van der Waals surface area contributed by atoms with Gasteiger partial charge in [0.15, 0.2) is 9.84 Å². The van der Waals surface area contributed by atoms with Gasteiger partial charge in [-0.05, 0) is 0 Å². The SMILES string of the molecule is C[Si](C)(C)C#C[C@@H]1CS(=O)(=O)C[C@H]1O. The molecule has 1 aliphatic heterocycles. The molecule has 14 heavy (non-hydrogen) atoms. The summed E-state index contributed by atoms with van der Waals surface area (Å²) in [4.78, 5) is 0. The maximum atomic E-state index is 11.2. The fourth-order valence-corrected chi connectivity index (χ4v) is 3.64. The molecule has 0 unspecified atom stereocenters. The molecule has 0 aliphatic carbocycles. The highest BCUT2D eigenvalue weighted by Gasteiger charge is 2.35. The molecule has 1 aliphatic rings. The number of aliphatic hydroxyl groups is 1. The van der Waals surface area contributed by atoms with Crippen molar-refractivity contribution >= 4 is 17.9 Å². The van der Waals surface area contributed by atoms with Gasteiger partial charge in [-0.1, -0.05) is 19.6 Å². The third-order valence-corrected chi connectivity index (χ3v) is 4.57. The summed E-state index contributed by atoms with van der Waals surface area (Å²) in [6.07, 6.45) is -0.788. The van der Waals surface area contributed by atoms with E-state index in [1.54, 1.807) is 0 Å². The third kappa shape index (κ3) is 3.44. The number of hydrogen-bond donors (Lipinski definition) is 1. The molecular weight excluding hydrogens is 216 g/mol. The zero-order valence-corrected chi connectivity index (χ0v) is 10.6. The van der Waals surface area contributed by atoms with Gasteiger partial charge in [0.25, 0.3) is 0 Å². The minimum Gasteiger partial charge on any atom is -0.391 e. The topological polar surface area (TPSA) is 54.4 Å². The van der Waals surface area contributed by atoms with Crippen LogP contribution in [-0.4, -0.2) is 39.2 Å². The van der Waals surface area contributed by atoms with Crippen molar-refractivity contribution in [1.29, 1.82) is 0 Å². The quantitative estimate of drug-likeness (QED) is 0.482. The average Bonchev–Trinajstić information content (AvgIpc) is 2.19. The second-order valence-corrected chi connectivity index (χ2v) is 11.7. The Hall–Kier alpha value is -0.313. The minimum absolute atomic E-state index is 0.0195. The summed E-state index contributed by atoms with van der Waals surface area (Å²) >= 11 is 0. The highest BCUT2D eigenvalue weighted by atomic mass is 32.2. The van der Waals surface area contributed by atoms with Crippen LogP contribution >= 0.6 is 0 Å². The molecule has 3 nitrogen and oxygen atoms in total. The van der Waals surface area contributed by atoms with Crippen molar-refractivity contribution in [3.05, 3.63) is 0 Å². The Labute approximate surface area is 86.5 Å². The van der Waals surface area contributed by atoms with Crippen LogP contribution in [0.2, 0.25) is 19.6 Å². The highest BCUT2D eigenvalue weighted by molar-refractivity contribution is 7.91. The summed E-state index contributed by atoms with van der Waals surface area (Å²) in [5.41, 5.74) is 3.10. The molecule has 80 valence electrons. The predicted molar refractivity (Wildman–Crippen MR) is 59.3 cm³/mol.